The van der Waals surface area contributed by atoms with E-state index in [4.69, 9.17) is 118 Å². The first-order valence-electron chi connectivity index (χ1n) is 38.5. The Bertz CT molecular complexity index is 3920. The first-order chi connectivity index (χ1) is 56.4. The molecule has 6 aromatic carbocycles. The summed E-state index contributed by atoms with van der Waals surface area (Å²) in [6.07, 6.45) is -33.2. The highest BCUT2D eigenvalue weighted by atomic mass is 16.8. The summed E-state index contributed by atoms with van der Waals surface area (Å²) in [4.78, 5) is 70.3. The average Bonchev–Trinajstić information content (AvgIpc) is 0.753. The fourth-order valence-electron chi connectivity index (χ4n) is 14.8. The van der Waals surface area contributed by atoms with Crippen LogP contribution in [0.3, 0.4) is 0 Å². The van der Waals surface area contributed by atoms with Crippen LogP contribution in [0.15, 0.2) is 182 Å². The molecule has 10 unspecified atom stereocenters. The number of hydrogen-bond acceptors (Lipinski definition) is 30. The Balaban J connectivity index is 0.975. The van der Waals surface area contributed by atoms with Gasteiger partial charge in [0.25, 0.3) is 0 Å². The molecular weight excluding hydrogens is 1510 g/mol. The zero-order chi connectivity index (χ0) is 82.0. The molecule has 116 heavy (non-hydrogen) atoms. The molecule has 630 valence electrons. The quantitative estimate of drug-likeness (QED) is 0.0260. The smallest absolute Gasteiger partial charge is 0.338 e. The molecule has 30 nitrogen and oxygen atoms in total. The number of carbonyl (C=O) groups excluding carboxylic acids is 5. The number of esters is 5. The van der Waals surface area contributed by atoms with E-state index in [1.54, 1.807) is 78.9 Å². The molecule has 0 amide bonds. The van der Waals surface area contributed by atoms with Crippen LogP contribution in [-0.2, 0) is 182 Å². The minimum atomic E-state index is -1.84. The summed E-state index contributed by atoms with van der Waals surface area (Å²) in [6.45, 7) is 4.10. The van der Waals surface area contributed by atoms with Gasteiger partial charge in [-0.25, -0.2) is 9.59 Å². The second kappa shape index (κ2) is 44.6. The molecule has 25 atom stereocenters. The van der Waals surface area contributed by atoms with Crippen LogP contribution in [0.5, 0.6) is 0 Å². The van der Waals surface area contributed by atoms with Crippen molar-refractivity contribution >= 4 is 29.8 Å². The fraction of sp³-hybridized carbons (Fsp3) is 0.523. The molecule has 5 aliphatic heterocycles. The number of carbonyl (C=O) groups is 5. The molecule has 5 aliphatic rings. The molecule has 0 bridgehead atoms. The molecule has 6 aromatic rings. The molecule has 11 rings (SSSR count). The monoisotopic (exact) mass is 1620 g/mol. The van der Waals surface area contributed by atoms with Crippen molar-refractivity contribution in [2.75, 3.05) is 69.6 Å². The maximum atomic E-state index is 15.6. The summed E-state index contributed by atoms with van der Waals surface area (Å²) in [5.41, 5.74) is 4.40. The number of benzene rings is 6. The molecule has 5 saturated heterocycles. The standard InChI is InChI=1S/C86H106O30/c1-51-61(49-100-52(2)87)108-83(75(95-8)64(51)92-5)113-71-67(93-6)77(97-10)85(116-73(71)80(90)105-46-59-38-26-16-27-39-59)112-66-63(50-101-53(3)88)110-86(79(70(66)107-54(4)89)104-45-58-36-24-15-25-37-58)114-72-68(94-7)76(96-9)84(115-74(72)81(91)106-47-60-40-28-17-29-41-60)111-65-62(48-99-42-55-30-18-12-19-31-55)109-82(98-11)78(103-44-57-34-22-14-23-35-57)69(65)102-43-56-32-20-13-21-33-56/h12-41,51,61-79,82-86H,42-50H2,1-11H3/t51-,61?,62?,63+,64-,65-,66-,67+,68?,69+,70?,71+,72+,73?,74-,75?,76?,77?,78?,79?,82+,83+,84+,85-,86-/m1/s1. The zero-order valence-electron chi connectivity index (χ0n) is 66.9. The van der Waals surface area contributed by atoms with Gasteiger partial charge in [0, 0.05) is 76.5 Å². The average molecular weight is 1620 g/mol. The van der Waals surface area contributed by atoms with Crippen molar-refractivity contribution in [3.05, 3.63) is 215 Å². The van der Waals surface area contributed by atoms with Crippen LogP contribution in [0.1, 0.15) is 61.1 Å². The Morgan fingerprint density at radius 1 is 0.276 bits per heavy atom. The van der Waals surface area contributed by atoms with E-state index in [2.05, 4.69) is 0 Å². The van der Waals surface area contributed by atoms with Gasteiger partial charge in [-0.05, 0) is 33.4 Å². The van der Waals surface area contributed by atoms with Crippen molar-refractivity contribution in [1.82, 2.24) is 0 Å². The predicted octanol–water partition coefficient (Wildman–Crippen LogP) is 8.04. The molecule has 0 N–H and O–H groups in total. The van der Waals surface area contributed by atoms with Crippen LogP contribution in [0.2, 0.25) is 0 Å². The Kier molecular flexibility index (Phi) is 34.1. The van der Waals surface area contributed by atoms with Gasteiger partial charge in [0.1, 0.15) is 118 Å². The maximum Gasteiger partial charge on any atom is 0.338 e. The fourth-order valence-corrected chi connectivity index (χ4v) is 14.8. The summed E-state index contributed by atoms with van der Waals surface area (Å²) >= 11 is 0. The molecule has 0 spiro atoms. The van der Waals surface area contributed by atoms with Crippen molar-refractivity contribution in [2.45, 2.75) is 215 Å². The highest BCUT2D eigenvalue weighted by Gasteiger charge is 2.62. The molecule has 0 aromatic heterocycles. The summed E-state index contributed by atoms with van der Waals surface area (Å²) in [5.74, 6) is -4.58. The van der Waals surface area contributed by atoms with E-state index in [0.717, 1.165) is 23.6 Å². The number of rotatable bonds is 39. The van der Waals surface area contributed by atoms with E-state index in [1.165, 1.54) is 63.6 Å². The van der Waals surface area contributed by atoms with Gasteiger partial charge in [-0.1, -0.05) is 189 Å². The van der Waals surface area contributed by atoms with Gasteiger partial charge < -0.3 is 118 Å². The number of hydrogen-bond donors (Lipinski definition) is 0. The van der Waals surface area contributed by atoms with Crippen molar-refractivity contribution in [2.24, 2.45) is 5.92 Å². The van der Waals surface area contributed by atoms with Crippen LogP contribution in [-0.4, -0.2) is 247 Å². The van der Waals surface area contributed by atoms with E-state index >= 15 is 9.59 Å². The summed E-state index contributed by atoms with van der Waals surface area (Å²) < 4.78 is 163. The lowest BCUT2D eigenvalue weighted by Crippen LogP contribution is -2.69. The normalized spacial score (nSPS) is 31.3. The Hall–Kier alpha value is -8.13. The molecule has 30 heteroatoms. The lowest BCUT2D eigenvalue weighted by Gasteiger charge is -2.51. The lowest BCUT2D eigenvalue weighted by atomic mass is 9.90. The van der Waals surface area contributed by atoms with Crippen LogP contribution in [0, 0.1) is 5.92 Å². The van der Waals surface area contributed by atoms with Crippen molar-refractivity contribution in [1.29, 1.82) is 0 Å². The van der Waals surface area contributed by atoms with Crippen LogP contribution < -0.4 is 0 Å². The first-order valence-corrected chi connectivity index (χ1v) is 38.5. The molecule has 5 heterocycles. The molecule has 0 saturated carbocycles. The minimum absolute atomic E-state index is 0.0560. The third-order valence-corrected chi connectivity index (χ3v) is 20.6. The topological polar surface area (TPSA) is 316 Å². The van der Waals surface area contributed by atoms with Crippen molar-refractivity contribution < 1.29 is 142 Å². The SMILES string of the molecule is COC1C(OC)[C@H](O[C@H]2O[C@@H](COC(C)=O)[C@@H](O[C@@H]3OC(C(=O)OCc4ccccc4)[C@@H](O[C@@H]4OC(COC(C)=O)[C@@H](C)[C@@H](OC)C4OC)[C@H](OC)C3OC)C(OC(C)=O)C2OCc2ccccc2)[C@H](C(=O)OCc2ccccc2)O[C@@H]1O[C@@H]1C(COCc2ccccc2)O[C@H](OC)C(OCc2ccccc2)[C@H]1OCc1ccccc1. The van der Waals surface area contributed by atoms with Gasteiger partial charge >= 0.3 is 29.8 Å². The summed E-state index contributed by atoms with van der Waals surface area (Å²) in [6, 6.07) is 55.4. The van der Waals surface area contributed by atoms with Gasteiger partial charge in [-0.3, -0.25) is 14.4 Å². The van der Waals surface area contributed by atoms with Crippen LogP contribution in [0.25, 0.3) is 0 Å². The largest absolute Gasteiger partial charge is 0.463 e. The Morgan fingerprint density at radius 3 is 0.974 bits per heavy atom. The third kappa shape index (κ3) is 23.4. The van der Waals surface area contributed by atoms with E-state index < -0.39 is 190 Å². The lowest BCUT2D eigenvalue weighted by molar-refractivity contribution is -0.395. The highest BCUT2D eigenvalue weighted by molar-refractivity contribution is 5.76. The van der Waals surface area contributed by atoms with Gasteiger partial charge in [0.2, 0.25) is 0 Å². The van der Waals surface area contributed by atoms with E-state index in [-0.39, 0.29) is 52.9 Å². The molecule has 5 fully saturated rings. The first kappa shape index (κ1) is 88.7. The second-order valence-corrected chi connectivity index (χ2v) is 28.3. The van der Waals surface area contributed by atoms with Crippen LogP contribution >= 0.6 is 0 Å². The van der Waals surface area contributed by atoms with Crippen molar-refractivity contribution in [3.63, 3.8) is 0 Å². The molecule has 0 radical (unpaired) electrons. The van der Waals surface area contributed by atoms with Gasteiger partial charge in [-0.15, -0.1) is 0 Å². The number of ether oxygens (including phenoxy) is 25. The minimum Gasteiger partial charge on any atom is -0.463 e. The Morgan fingerprint density at radius 2 is 0.586 bits per heavy atom. The summed E-state index contributed by atoms with van der Waals surface area (Å²) in [5, 5.41) is 0. The number of methoxy groups -OCH3 is 7. The van der Waals surface area contributed by atoms with Gasteiger partial charge in [0.15, 0.2) is 49.8 Å². The highest BCUT2D eigenvalue weighted by Crippen LogP contribution is 2.42. The van der Waals surface area contributed by atoms with Gasteiger partial charge in [-0.2, -0.15) is 0 Å². The third-order valence-electron chi connectivity index (χ3n) is 20.6. The Labute approximate surface area is 675 Å². The van der Waals surface area contributed by atoms with E-state index in [1.807, 2.05) is 110 Å². The zero-order valence-corrected chi connectivity index (χ0v) is 66.9. The van der Waals surface area contributed by atoms with Gasteiger partial charge in [0.05, 0.1) is 39.1 Å². The predicted molar refractivity (Wildman–Crippen MR) is 406 cm³/mol. The molecular formula is C86H106O30. The second-order valence-electron chi connectivity index (χ2n) is 28.3. The molecule has 0 aliphatic carbocycles. The van der Waals surface area contributed by atoms with Crippen molar-refractivity contribution in [3.8, 4) is 0 Å². The van der Waals surface area contributed by atoms with Crippen LogP contribution in [0.4, 0.5) is 0 Å². The van der Waals surface area contributed by atoms with E-state index in [9.17, 15) is 14.4 Å². The van der Waals surface area contributed by atoms with E-state index in [0.29, 0.717) is 16.7 Å². The summed E-state index contributed by atoms with van der Waals surface area (Å²) in [7, 11) is 9.86. The maximum absolute atomic E-state index is 15.6.